The van der Waals surface area contributed by atoms with Crippen LogP contribution in [0.2, 0.25) is 0 Å². The maximum absolute atomic E-state index is 13.7. The van der Waals surface area contributed by atoms with Gasteiger partial charge in [0.25, 0.3) is 5.91 Å². The van der Waals surface area contributed by atoms with Crippen LogP contribution in [0, 0.1) is 5.92 Å². The largest absolute Gasteiger partial charge is 0.453 e. The number of fused-ring (bicyclic) bond motifs is 2. The predicted octanol–water partition coefficient (Wildman–Crippen LogP) is 5.05. The lowest BCUT2D eigenvalue weighted by atomic mass is 10.0. The van der Waals surface area contributed by atoms with Crippen LogP contribution in [0.3, 0.4) is 0 Å². The number of ether oxygens (including phenoxy) is 2. The molecule has 18 heteroatoms. The molecule has 3 aromatic heterocycles. The quantitative estimate of drug-likeness (QED) is 0.154. The molecule has 3 saturated heterocycles. The van der Waals surface area contributed by atoms with Gasteiger partial charge in [-0.15, -0.1) is 0 Å². The van der Waals surface area contributed by atoms with Crippen LogP contribution < -0.4 is 10.6 Å². The smallest absolute Gasteiger partial charge is 0.407 e. The number of H-pyrrole nitrogens is 2. The van der Waals surface area contributed by atoms with Crippen molar-refractivity contribution in [1.82, 2.24) is 55.5 Å². The van der Waals surface area contributed by atoms with Crippen LogP contribution in [0.4, 0.5) is 9.59 Å². The van der Waals surface area contributed by atoms with Gasteiger partial charge in [-0.2, -0.15) is 0 Å². The zero-order valence-corrected chi connectivity index (χ0v) is 33.8. The molecule has 0 spiro atoms. The molecule has 2 unspecified atom stereocenters. The molecule has 312 valence electrons. The molecule has 5 amide bonds. The highest BCUT2D eigenvalue weighted by molar-refractivity contribution is 5.91. The number of hydrogen-bond acceptors (Lipinski definition) is 11. The number of aromatic nitrogens is 6. The van der Waals surface area contributed by atoms with E-state index in [1.165, 1.54) is 24.2 Å². The highest BCUT2D eigenvalue weighted by Gasteiger charge is 2.44. The fourth-order valence-corrected chi connectivity index (χ4v) is 8.25. The van der Waals surface area contributed by atoms with E-state index in [9.17, 15) is 24.0 Å². The molecule has 18 nitrogen and oxygen atoms in total. The van der Waals surface area contributed by atoms with Crippen LogP contribution in [0.25, 0.3) is 44.8 Å². The minimum Gasteiger partial charge on any atom is -0.453 e. The number of imidazole rings is 2. The van der Waals surface area contributed by atoms with Crippen LogP contribution in [0.15, 0.2) is 61.1 Å². The number of rotatable bonds is 9. The molecule has 3 aliphatic rings. The molecule has 0 bridgehead atoms. The number of alkyl carbamates (subject to hydrolysis) is 2. The third-order valence-electron chi connectivity index (χ3n) is 11.4. The normalized spacial score (nSPS) is 19.9. The average Bonchev–Trinajstić information content (AvgIpc) is 4.06. The molecule has 4 atom stereocenters. The van der Waals surface area contributed by atoms with E-state index in [4.69, 9.17) is 19.4 Å². The summed E-state index contributed by atoms with van der Waals surface area (Å²) in [6, 6.07) is 11.3. The number of nitrogens with one attached hydrogen (secondary N) is 4. The van der Waals surface area contributed by atoms with Gasteiger partial charge < -0.3 is 35.0 Å². The number of carbonyl (C=O) groups excluding carboxylic acids is 5. The Labute approximate surface area is 345 Å². The monoisotopic (exact) mass is 817 g/mol. The molecule has 6 heterocycles. The minimum absolute atomic E-state index is 0.124. The number of nitrogens with zero attached hydrogens (tertiary/aromatic N) is 7. The van der Waals surface area contributed by atoms with E-state index in [1.807, 2.05) is 56.3 Å². The molecule has 8 rings (SSSR count). The van der Waals surface area contributed by atoms with E-state index in [2.05, 4.69) is 30.6 Å². The maximum Gasteiger partial charge on any atom is 0.407 e. The fraction of sp³-hybridized carbons (Fsp3) is 0.405. The zero-order chi connectivity index (χ0) is 42.1. The van der Waals surface area contributed by atoms with Crippen molar-refractivity contribution in [2.45, 2.75) is 76.5 Å². The summed E-state index contributed by atoms with van der Waals surface area (Å²) in [4.78, 5) is 91.8. The van der Waals surface area contributed by atoms with Crippen molar-refractivity contribution in [2.24, 2.45) is 5.92 Å². The first kappa shape index (κ1) is 40.0. The van der Waals surface area contributed by atoms with Crippen LogP contribution in [0.5, 0.6) is 0 Å². The lowest BCUT2D eigenvalue weighted by Gasteiger charge is -2.42. The second-order valence-electron chi connectivity index (χ2n) is 15.5. The summed E-state index contributed by atoms with van der Waals surface area (Å²) >= 11 is 0. The first-order valence-corrected chi connectivity index (χ1v) is 20.1. The number of hydrazine groups is 1. The van der Waals surface area contributed by atoms with Gasteiger partial charge in [0.15, 0.2) is 0 Å². The summed E-state index contributed by atoms with van der Waals surface area (Å²) in [5, 5.41) is 8.20. The summed E-state index contributed by atoms with van der Waals surface area (Å²) in [7, 11) is 2.51. The summed E-state index contributed by atoms with van der Waals surface area (Å²) in [5.41, 5.74) is 6.27. The third kappa shape index (κ3) is 7.83. The Hall–Kier alpha value is -6.85. The van der Waals surface area contributed by atoms with Crippen LogP contribution in [0.1, 0.15) is 76.1 Å². The van der Waals surface area contributed by atoms with Gasteiger partial charge in [0.1, 0.15) is 29.8 Å². The minimum atomic E-state index is -0.893. The number of benzene rings is 2. The first-order valence-electron chi connectivity index (χ1n) is 20.1. The second-order valence-corrected chi connectivity index (χ2v) is 15.5. The Balaban J connectivity index is 0.956. The Morgan fingerprint density at radius 1 is 0.767 bits per heavy atom. The van der Waals surface area contributed by atoms with Crippen molar-refractivity contribution < 1.29 is 33.4 Å². The Morgan fingerprint density at radius 2 is 1.42 bits per heavy atom. The number of likely N-dealkylation sites (tertiary alicyclic amines) is 1. The van der Waals surface area contributed by atoms with Crippen LogP contribution in [-0.4, -0.2) is 114 Å². The van der Waals surface area contributed by atoms with E-state index in [1.54, 1.807) is 23.5 Å². The number of carbonyl (C=O) groups is 5. The lowest BCUT2D eigenvalue weighted by Crippen LogP contribution is -2.57. The molecule has 4 N–H and O–H groups in total. The van der Waals surface area contributed by atoms with Gasteiger partial charge in [-0.3, -0.25) is 24.4 Å². The Morgan fingerprint density at radius 3 is 2.13 bits per heavy atom. The van der Waals surface area contributed by atoms with Crippen molar-refractivity contribution in [2.75, 3.05) is 27.3 Å². The summed E-state index contributed by atoms with van der Waals surface area (Å²) in [6.07, 6.45) is 7.01. The van der Waals surface area contributed by atoms with Crippen molar-refractivity contribution in [1.29, 1.82) is 0 Å². The molecular formula is C42H47N11O7. The molecule has 3 aliphatic heterocycles. The van der Waals surface area contributed by atoms with Gasteiger partial charge in [0.2, 0.25) is 11.8 Å². The van der Waals surface area contributed by atoms with Gasteiger partial charge in [-0.05, 0) is 55.7 Å². The van der Waals surface area contributed by atoms with Gasteiger partial charge in [-0.25, -0.2) is 29.5 Å². The summed E-state index contributed by atoms with van der Waals surface area (Å²) in [5.74, 6) is 0.380. The van der Waals surface area contributed by atoms with Crippen molar-refractivity contribution in [3.8, 4) is 33.8 Å². The average molecular weight is 818 g/mol. The van der Waals surface area contributed by atoms with Crippen LogP contribution >= 0.6 is 0 Å². The number of amides is 5. The SMILES string of the molecule is COC(=O)NC(C(=O)N1CCCC1c1ncc(-c2ccc3nc(-c4ccc(-c5cnc([C@@H]6CCCN7C(=O)CC[C@H](NC(=O)OC)C(=O)N67)[nH]5)cc4)cnc3c2)[nH]1)C(C)C. The third-order valence-corrected chi connectivity index (χ3v) is 11.4. The molecule has 60 heavy (non-hydrogen) atoms. The summed E-state index contributed by atoms with van der Waals surface area (Å²) in [6.45, 7) is 4.75. The fourth-order valence-electron chi connectivity index (χ4n) is 8.25. The standard InChI is InChI=1S/C42H47N11O7/c1-23(2)36(50-42(58)60-4)40(56)51-17-5-7-33(51)37-44-22-32(48-37)26-13-14-27-29(19-26)43-20-30(46-27)24-9-11-25(12-10-24)31-21-45-38(47-31)34-8-6-18-52-35(54)16-15-28(39(55)53(34)52)49-41(57)59-3/h9-14,19-23,28,33-34,36H,5-8,15-18H2,1-4H3,(H,44,48)(H,45,47)(H,49,57)(H,50,58)/t28-,33?,34-,36?/m0/s1. The first-order chi connectivity index (χ1) is 29.0. The van der Waals surface area contributed by atoms with Gasteiger partial charge >= 0.3 is 12.2 Å². The topological polar surface area (TPSA) is 221 Å². The van der Waals surface area contributed by atoms with Crippen molar-refractivity contribution in [3.05, 3.63) is 72.7 Å². The van der Waals surface area contributed by atoms with Gasteiger partial charge in [-0.1, -0.05) is 44.2 Å². The number of hydrogen-bond donors (Lipinski definition) is 4. The highest BCUT2D eigenvalue weighted by Crippen LogP contribution is 2.36. The van der Waals surface area contributed by atoms with E-state index in [0.717, 1.165) is 46.4 Å². The molecule has 3 fully saturated rings. The summed E-state index contributed by atoms with van der Waals surface area (Å²) < 4.78 is 9.47. The van der Waals surface area contributed by atoms with E-state index >= 15 is 0 Å². The predicted molar refractivity (Wildman–Crippen MR) is 217 cm³/mol. The molecule has 0 saturated carbocycles. The molecule has 5 aromatic rings. The van der Waals surface area contributed by atoms with E-state index < -0.39 is 30.3 Å². The van der Waals surface area contributed by atoms with Crippen molar-refractivity contribution in [3.63, 3.8) is 0 Å². The number of methoxy groups -OCH3 is 2. The van der Waals surface area contributed by atoms with E-state index in [-0.39, 0.29) is 42.5 Å². The van der Waals surface area contributed by atoms with Crippen LogP contribution in [-0.2, 0) is 23.9 Å². The maximum atomic E-state index is 13.7. The highest BCUT2D eigenvalue weighted by atomic mass is 16.5. The molecule has 0 aliphatic carbocycles. The zero-order valence-electron chi connectivity index (χ0n) is 33.8. The second kappa shape index (κ2) is 16.8. The Kier molecular flexibility index (Phi) is 11.2. The van der Waals surface area contributed by atoms with Crippen molar-refractivity contribution >= 4 is 40.9 Å². The molecule has 2 aromatic carbocycles. The van der Waals surface area contributed by atoms with Gasteiger partial charge in [0.05, 0.1) is 67.0 Å². The molecule has 0 radical (unpaired) electrons. The number of aromatic amines is 2. The Bertz CT molecular complexity index is 2430. The van der Waals surface area contributed by atoms with Gasteiger partial charge in [0, 0.05) is 30.6 Å². The van der Waals surface area contributed by atoms with E-state index in [0.29, 0.717) is 48.8 Å². The molecular weight excluding hydrogens is 771 g/mol. The lowest BCUT2D eigenvalue weighted by molar-refractivity contribution is -0.174.